The van der Waals surface area contributed by atoms with Gasteiger partial charge in [0.25, 0.3) is 0 Å². The van der Waals surface area contributed by atoms with Gasteiger partial charge in [-0.3, -0.25) is 0 Å². The highest BCUT2D eigenvalue weighted by Crippen LogP contribution is 2.14. The van der Waals surface area contributed by atoms with Gasteiger partial charge in [-0.25, -0.2) is 0 Å². The van der Waals surface area contributed by atoms with E-state index in [-0.39, 0.29) is 23.4 Å². The second kappa shape index (κ2) is 7.06. The molecule has 0 aromatic carbocycles. The van der Waals surface area contributed by atoms with E-state index in [1.165, 1.54) is 0 Å². The van der Waals surface area contributed by atoms with Gasteiger partial charge in [0.2, 0.25) is 5.28 Å². The summed E-state index contributed by atoms with van der Waals surface area (Å²) in [7, 11) is 0. The lowest BCUT2D eigenvalue weighted by Gasteiger charge is -2.08. The molecule has 1 heterocycles. The van der Waals surface area contributed by atoms with Gasteiger partial charge < -0.3 is 9.47 Å². The van der Waals surface area contributed by atoms with Gasteiger partial charge in [0.1, 0.15) is 0 Å². The van der Waals surface area contributed by atoms with Gasteiger partial charge in [-0.2, -0.15) is 9.97 Å². The smallest absolute Gasteiger partial charge is 0.324 e. The molecule has 1 aromatic rings. The minimum atomic E-state index is -0.0258. The summed E-state index contributed by atoms with van der Waals surface area (Å²) in [5, 5.41) is 0.0642. The monoisotopic (exact) mass is 257 g/mol. The van der Waals surface area contributed by atoms with Gasteiger partial charge in [0.05, 0.1) is 12.7 Å². The average Bonchev–Trinajstić information content (AvgIpc) is 2.22. The van der Waals surface area contributed by atoms with Crippen LogP contribution >= 0.6 is 11.6 Å². The minimum absolute atomic E-state index is 0.0258. The second-order valence-electron chi connectivity index (χ2n) is 3.62. The van der Waals surface area contributed by atoms with E-state index >= 15 is 0 Å². The largest absolute Gasteiger partial charge is 0.463 e. The molecular formula is C11H16ClN3O2. The van der Waals surface area contributed by atoms with E-state index in [4.69, 9.17) is 21.1 Å². The van der Waals surface area contributed by atoms with Crippen LogP contribution in [-0.4, -0.2) is 27.7 Å². The van der Waals surface area contributed by atoms with Gasteiger partial charge >= 0.3 is 12.0 Å². The summed E-state index contributed by atoms with van der Waals surface area (Å²) in [5.41, 5.74) is 0. The Labute approximate surface area is 106 Å². The molecule has 0 aliphatic carbocycles. The molecule has 0 unspecified atom stereocenters. The lowest BCUT2D eigenvalue weighted by molar-refractivity contribution is 0.212. The summed E-state index contributed by atoms with van der Waals surface area (Å²) < 4.78 is 10.7. The van der Waals surface area contributed by atoms with Crippen molar-refractivity contribution >= 4 is 11.6 Å². The van der Waals surface area contributed by atoms with E-state index in [0.29, 0.717) is 6.61 Å². The molecule has 0 spiro atoms. The predicted molar refractivity (Wildman–Crippen MR) is 65.5 cm³/mol. The van der Waals surface area contributed by atoms with Crippen LogP contribution in [0, 0.1) is 0 Å². The van der Waals surface area contributed by atoms with Crippen LogP contribution in [0.3, 0.4) is 0 Å². The zero-order valence-electron chi connectivity index (χ0n) is 10.0. The number of hydrogen-bond donors (Lipinski definition) is 0. The molecule has 0 radical (unpaired) electrons. The van der Waals surface area contributed by atoms with E-state index < -0.39 is 0 Å². The normalized spacial score (nSPS) is 10.4. The SMILES string of the molecule is C=CCCCOc1nc(Cl)nc(OC(C)C)n1. The Morgan fingerprint density at radius 2 is 2.00 bits per heavy atom. The highest BCUT2D eigenvalue weighted by atomic mass is 35.5. The number of unbranched alkanes of at least 4 members (excludes halogenated alkanes) is 1. The molecule has 0 bridgehead atoms. The summed E-state index contributed by atoms with van der Waals surface area (Å²) >= 11 is 5.74. The number of hydrogen-bond acceptors (Lipinski definition) is 5. The Kier molecular flexibility index (Phi) is 5.69. The van der Waals surface area contributed by atoms with Crippen molar-refractivity contribution in [3.8, 4) is 12.0 Å². The van der Waals surface area contributed by atoms with Crippen LogP contribution in [0.15, 0.2) is 12.7 Å². The van der Waals surface area contributed by atoms with E-state index in [0.717, 1.165) is 12.8 Å². The standard InChI is InChI=1S/C11H16ClN3O2/c1-4-5-6-7-16-10-13-9(12)14-11(15-10)17-8(2)3/h4,8H,1,5-7H2,2-3H3. The molecule has 17 heavy (non-hydrogen) atoms. The third kappa shape index (κ3) is 5.49. The Hall–Kier alpha value is -1.36. The first-order chi connectivity index (χ1) is 8.11. The molecule has 0 N–H and O–H groups in total. The maximum atomic E-state index is 5.74. The third-order valence-electron chi connectivity index (χ3n) is 1.69. The third-order valence-corrected chi connectivity index (χ3v) is 1.86. The molecule has 0 saturated heterocycles. The van der Waals surface area contributed by atoms with E-state index in [9.17, 15) is 0 Å². The number of rotatable bonds is 7. The van der Waals surface area contributed by atoms with Crippen LogP contribution in [0.1, 0.15) is 26.7 Å². The van der Waals surface area contributed by atoms with Gasteiger partial charge in [-0.05, 0) is 38.3 Å². The van der Waals surface area contributed by atoms with E-state index in [1.54, 1.807) is 0 Å². The highest BCUT2D eigenvalue weighted by Gasteiger charge is 2.08. The first kappa shape index (κ1) is 13.7. The maximum absolute atomic E-state index is 5.74. The molecule has 0 aliphatic heterocycles. The van der Waals surface area contributed by atoms with Crippen molar-refractivity contribution in [3.05, 3.63) is 17.9 Å². The van der Waals surface area contributed by atoms with Crippen molar-refractivity contribution in [2.45, 2.75) is 32.8 Å². The average molecular weight is 258 g/mol. The van der Waals surface area contributed by atoms with E-state index in [2.05, 4.69) is 21.5 Å². The fraction of sp³-hybridized carbons (Fsp3) is 0.545. The first-order valence-electron chi connectivity index (χ1n) is 5.43. The Morgan fingerprint density at radius 1 is 1.29 bits per heavy atom. The summed E-state index contributed by atoms with van der Waals surface area (Å²) in [5.74, 6) is 0. The highest BCUT2D eigenvalue weighted by molar-refractivity contribution is 6.28. The van der Waals surface area contributed by atoms with Gasteiger partial charge in [-0.15, -0.1) is 11.6 Å². The molecule has 0 amide bonds. The minimum Gasteiger partial charge on any atom is -0.463 e. The van der Waals surface area contributed by atoms with Crippen LogP contribution in [-0.2, 0) is 0 Å². The fourth-order valence-electron chi connectivity index (χ4n) is 1.03. The van der Waals surface area contributed by atoms with Crippen molar-refractivity contribution in [1.82, 2.24) is 15.0 Å². The van der Waals surface area contributed by atoms with Crippen LogP contribution in [0.5, 0.6) is 12.0 Å². The number of allylic oxidation sites excluding steroid dienone is 1. The van der Waals surface area contributed by atoms with Crippen molar-refractivity contribution in [1.29, 1.82) is 0 Å². The van der Waals surface area contributed by atoms with Crippen LogP contribution in [0.2, 0.25) is 5.28 Å². The second-order valence-corrected chi connectivity index (χ2v) is 3.95. The van der Waals surface area contributed by atoms with Crippen molar-refractivity contribution < 1.29 is 9.47 Å². The molecule has 5 nitrogen and oxygen atoms in total. The Morgan fingerprint density at radius 3 is 2.65 bits per heavy atom. The molecule has 1 rings (SSSR count). The molecule has 0 aliphatic rings. The van der Waals surface area contributed by atoms with Crippen LogP contribution < -0.4 is 9.47 Å². The summed E-state index contributed by atoms with van der Waals surface area (Å²) in [6.07, 6.45) is 3.54. The number of halogens is 1. The number of ether oxygens (including phenoxy) is 2. The summed E-state index contributed by atoms with van der Waals surface area (Å²) in [6, 6.07) is 0.364. The van der Waals surface area contributed by atoms with Crippen LogP contribution in [0.25, 0.3) is 0 Å². The summed E-state index contributed by atoms with van der Waals surface area (Å²) in [4.78, 5) is 11.7. The lowest BCUT2D eigenvalue weighted by atomic mass is 10.3. The molecule has 0 atom stereocenters. The predicted octanol–water partition coefficient (Wildman–Crippen LogP) is 2.66. The molecule has 0 saturated carbocycles. The molecular weight excluding hydrogens is 242 g/mol. The molecule has 1 aromatic heterocycles. The first-order valence-corrected chi connectivity index (χ1v) is 5.81. The van der Waals surface area contributed by atoms with Gasteiger partial charge in [-0.1, -0.05) is 6.08 Å². The molecule has 94 valence electrons. The quantitative estimate of drug-likeness (QED) is 0.555. The number of nitrogens with zero attached hydrogens (tertiary/aromatic N) is 3. The van der Waals surface area contributed by atoms with Gasteiger partial charge in [0.15, 0.2) is 0 Å². The van der Waals surface area contributed by atoms with Crippen molar-refractivity contribution in [3.63, 3.8) is 0 Å². The van der Waals surface area contributed by atoms with E-state index in [1.807, 2.05) is 19.9 Å². The number of aromatic nitrogens is 3. The Balaban J connectivity index is 2.58. The Bertz CT molecular complexity index is 372. The van der Waals surface area contributed by atoms with Gasteiger partial charge in [0, 0.05) is 0 Å². The lowest BCUT2D eigenvalue weighted by Crippen LogP contribution is -2.10. The topological polar surface area (TPSA) is 57.1 Å². The maximum Gasteiger partial charge on any atom is 0.324 e. The molecule has 0 fully saturated rings. The molecule has 6 heteroatoms. The summed E-state index contributed by atoms with van der Waals surface area (Å²) in [6.45, 7) is 7.89. The van der Waals surface area contributed by atoms with Crippen LogP contribution in [0.4, 0.5) is 0 Å². The van der Waals surface area contributed by atoms with Crippen molar-refractivity contribution in [2.24, 2.45) is 0 Å². The zero-order chi connectivity index (χ0) is 12.7. The van der Waals surface area contributed by atoms with Crippen molar-refractivity contribution in [2.75, 3.05) is 6.61 Å². The fourth-order valence-corrected chi connectivity index (χ4v) is 1.18. The zero-order valence-corrected chi connectivity index (χ0v) is 10.8.